The van der Waals surface area contributed by atoms with Crippen LogP contribution in [0.15, 0.2) is 40.9 Å². The molecule has 0 bridgehead atoms. The van der Waals surface area contributed by atoms with Crippen molar-refractivity contribution >= 4 is 32.5 Å². The number of nitrogens with one attached hydrogen (secondary N) is 1. The van der Waals surface area contributed by atoms with Crippen molar-refractivity contribution in [2.24, 2.45) is 5.92 Å². The zero-order valence-corrected chi connectivity index (χ0v) is 17.7. The van der Waals surface area contributed by atoms with E-state index in [9.17, 15) is 4.79 Å². The summed E-state index contributed by atoms with van der Waals surface area (Å²) in [6, 6.07) is 12.1. The van der Waals surface area contributed by atoms with E-state index in [1.165, 1.54) is 0 Å². The summed E-state index contributed by atoms with van der Waals surface area (Å²) in [5, 5.41) is 5.92. The fourth-order valence-electron chi connectivity index (χ4n) is 4.54. The molecule has 1 heterocycles. The first-order chi connectivity index (χ1) is 12.2. The highest BCUT2D eigenvalue weighted by Gasteiger charge is 2.38. The van der Waals surface area contributed by atoms with Crippen LogP contribution in [0.3, 0.4) is 0 Å². The number of Topliss-reactive ketones (excluding diaryl/α,β-unsaturated/α-hetero) is 1. The van der Waals surface area contributed by atoms with Crippen LogP contribution in [0.4, 0.5) is 0 Å². The minimum atomic E-state index is 0.0644. The van der Waals surface area contributed by atoms with Crippen LogP contribution in [0.2, 0.25) is 0 Å². The van der Waals surface area contributed by atoms with Gasteiger partial charge in [-0.3, -0.25) is 4.79 Å². The van der Waals surface area contributed by atoms with Crippen molar-refractivity contribution in [2.45, 2.75) is 58.0 Å². The molecule has 0 radical (unpaired) electrons. The number of ether oxygens (including phenoxy) is 1. The lowest BCUT2D eigenvalue weighted by molar-refractivity contribution is -0.122. The third-order valence-electron chi connectivity index (χ3n) is 5.01. The molecular weight excluding hydrogens is 390 g/mol. The molecule has 1 N–H and O–H groups in total. The summed E-state index contributed by atoms with van der Waals surface area (Å²) in [4.78, 5) is 12.5. The zero-order valence-electron chi connectivity index (χ0n) is 16.1. The average molecular weight is 418 g/mol. The second kappa shape index (κ2) is 7.32. The maximum absolute atomic E-state index is 12.5. The molecule has 2 aromatic rings. The van der Waals surface area contributed by atoms with Gasteiger partial charge in [-0.1, -0.05) is 30.3 Å². The molecule has 140 valence electrons. The van der Waals surface area contributed by atoms with Crippen molar-refractivity contribution < 1.29 is 9.53 Å². The second-order valence-electron chi connectivity index (χ2n) is 8.80. The molecule has 0 unspecified atom stereocenters. The van der Waals surface area contributed by atoms with Crippen LogP contribution < -0.4 is 10.1 Å². The molecule has 1 fully saturated rings. The maximum atomic E-state index is 12.5. The maximum Gasteiger partial charge on any atom is 0.170 e. The van der Waals surface area contributed by atoms with Crippen LogP contribution >= 0.6 is 15.9 Å². The third kappa shape index (κ3) is 4.66. The number of carbonyl (C=O) groups is 1. The Morgan fingerprint density at radius 3 is 2.46 bits per heavy atom. The number of hydrogen-bond donors (Lipinski definition) is 1. The molecule has 26 heavy (non-hydrogen) atoms. The molecule has 3 nitrogen and oxygen atoms in total. The van der Waals surface area contributed by atoms with Gasteiger partial charge in [-0.05, 0) is 79.2 Å². The van der Waals surface area contributed by atoms with Crippen LogP contribution in [0.5, 0.6) is 5.75 Å². The monoisotopic (exact) mass is 417 g/mol. The highest BCUT2D eigenvalue weighted by atomic mass is 79.9. The lowest BCUT2D eigenvalue weighted by atomic mass is 9.74. The largest absolute Gasteiger partial charge is 0.485 e. The zero-order chi connectivity index (χ0) is 18.9. The Morgan fingerprint density at radius 2 is 1.77 bits per heavy atom. The standard InChI is InChI=1S/C22H28BrNO2/c1-21(2)12-15(13-22(3,4)24-21)11-17(25)14-26-19-10-9-16-7-5-6-8-18(16)20(19)23/h5-10,15,24H,11-14H2,1-4H3. The molecule has 1 aliphatic rings. The minimum Gasteiger partial charge on any atom is -0.485 e. The van der Waals surface area contributed by atoms with E-state index in [1.807, 2.05) is 30.3 Å². The number of carbonyl (C=O) groups excluding carboxylic acids is 1. The molecule has 0 atom stereocenters. The summed E-state index contributed by atoms with van der Waals surface area (Å²) in [6.45, 7) is 8.99. The molecule has 0 aliphatic carbocycles. The smallest absolute Gasteiger partial charge is 0.170 e. The van der Waals surface area contributed by atoms with Gasteiger partial charge in [-0.2, -0.15) is 0 Å². The van der Waals surface area contributed by atoms with Gasteiger partial charge in [-0.25, -0.2) is 0 Å². The summed E-state index contributed by atoms with van der Waals surface area (Å²) in [7, 11) is 0. The molecule has 1 aliphatic heterocycles. The van der Waals surface area contributed by atoms with Crippen molar-refractivity contribution in [3.8, 4) is 5.75 Å². The highest BCUT2D eigenvalue weighted by molar-refractivity contribution is 9.10. The van der Waals surface area contributed by atoms with Crippen molar-refractivity contribution in [1.82, 2.24) is 5.32 Å². The summed E-state index contributed by atoms with van der Waals surface area (Å²) in [5.41, 5.74) is 0.129. The minimum absolute atomic E-state index is 0.0644. The van der Waals surface area contributed by atoms with E-state index in [0.717, 1.165) is 33.8 Å². The van der Waals surface area contributed by atoms with Gasteiger partial charge in [0.2, 0.25) is 0 Å². The topological polar surface area (TPSA) is 38.3 Å². The predicted octanol–water partition coefficient (Wildman–Crippen LogP) is 5.50. The highest BCUT2D eigenvalue weighted by Crippen LogP contribution is 2.35. The van der Waals surface area contributed by atoms with Gasteiger partial charge < -0.3 is 10.1 Å². The van der Waals surface area contributed by atoms with Gasteiger partial charge in [0.1, 0.15) is 12.4 Å². The number of halogens is 1. The quantitative estimate of drug-likeness (QED) is 0.697. The van der Waals surface area contributed by atoms with Gasteiger partial charge >= 0.3 is 0 Å². The molecule has 1 saturated heterocycles. The van der Waals surface area contributed by atoms with Crippen LogP contribution in [0.1, 0.15) is 47.0 Å². The van der Waals surface area contributed by atoms with E-state index < -0.39 is 0 Å². The van der Waals surface area contributed by atoms with Gasteiger partial charge in [0.15, 0.2) is 5.78 Å². The van der Waals surface area contributed by atoms with Gasteiger partial charge in [0, 0.05) is 17.5 Å². The van der Waals surface area contributed by atoms with E-state index in [2.05, 4.69) is 55.0 Å². The molecular formula is C22H28BrNO2. The lowest BCUT2D eigenvalue weighted by Gasteiger charge is -2.46. The summed E-state index contributed by atoms with van der Waals surface area (Å²) in [5.74, 6) is 1.30. The Hall–Kier alpha value is -1.39. The van der Waals surface area contributed by atoms with Gasteiger partial charge in [-0.15, -0.1) is 0 Å². The van der Waals surface area contributed by atoms with E-state index >= 15 is 0 Å². The Kier molecular flexibility index (Phi) is 5.45. The first-order valence-electron chi connectivity index (χ1n) is 9.26. The summed E-state index contributed by atoms with van der Waals surface area (Å²) >= 11 is 3.62. The summed E-state index contributed by atoms with van der Waals surface area (Å²) < 4.78 is 6.75. The molecule has 4 heteroatoms. The first-order valence-corrected chi connectivity index (χ1v) is 10.1. The van der Waals surface area contributed by atoms with Crippen molar-refractivity contribution in [3.63, 3.8) is 0 Å². The van der Waals surface area contributed by atoms with E-state index in [1.54, 1.807) is 0 Å². The van der Waals surface area contributed by atoms with E-state index in [0.29, 0.717) is 12.3 Å². The number of fused-ring (bicyclic) bond motifs is 1. The number of hydrogen-bond acceptors (Lipinski definition) is 3. The Bertz CT molecular complexity index is 797. The number of rotatable bonds is 5. The molecule has 0 aromatic heterocycles. The molecule has 3 rings (SSSR count). The third-order valence-corrected chi connectivity index (χ3v) is 5.83. The number of benzene rings is 2. The van der Waals surface area contributed by atoms with Gasteiger partial charge in [0.05, 0.1) is 4.47 Å². The summed E-state index contributed by atoms with van der Waals surface area (Å²) in [6.07, 6.45) is 2.61. The van der Waals surface area contributed by atoms with E-state index in [4.69, 9.17) is 4.74 Å². The Balaban J connectivity index is 1.62. The van der Waals surface area contributed by atoms with Gasteiger partial charge in [0.25, 0.3) is 0 Å². The molecule has 0 spiro atoms. The van der Waals surface area contributed by atoms with Crippen molar-refractivity contribution in [3.05, 3.63) is 40.9 Å². The lowest BCUT2D eigenvalue weighted by Crippen LogP contribution is -2.58. The molecule has 0 amide bonds. The Labute approximate surface area is 164 Å². The van der Waals surface area contributed by atoms with Crippen molar-refractivity contribution in [1.29, 1.82) is 0 Å². The second-order valence-corrected chi connectivity index (χ2v) is 9.59. The van der Waals surface area contributed by atoms with Crippen LogP contribution in [-0.4, -0.2) is 23.5 Å². The van der Waals surface area contributed by atoms with Crippen LogP contribution in [0.25, 0.3) is 10.8 Å². The van der Waals surface area contributed by atoms with E-state index in [-0.39, 0.29) is 23.5 Å². The normalized spacial score (nSPS) is 19.4. The van der Waals surface area contributed by atoms with Crippen LogP contribution in [0, 0.1) is 5.92 Å². The first kappa shape index (κ1) is 19.4. The fourth-order valence-corrected chi connectivity index (χ4v) is 5.15. The SMILES string of the molecule is CC1(C)CC(CC(=O)COc2ccc3ccccc3c2Br)CC(C)(C)N1. The molecule has 2 aromatic carbocycles. The number of piperidine rings is 1. The predicted molar refractivity (Wildman–Crippen MR) is 111 cm³/mol. The van der Waals surface area contributed by atoms with Crippen LogP contribution in [-0.2, 0) is 4.79 Å². The molecule has 0 saturated carbocycles. The fraction of sp³-hybridized carbons (Fsp3) is 0.500. The number of ketones is 1. The Morgan fingerprint density at radius 1 is 1.12 bits per heavy atom. The van der Waals surface area contributed by atoms with Crippen molar-refractivity contribution in [2.75, 3.05) is 6.61 Å². The average Bonchev–Trinajstić information content (AvgIpc) is 2.51.